The fourth-order valence-electron chi connectivity index (χ4n) is 2.02. The molecule has 1 N–H and O–H groups in total. The Labute approximate surface area is 104 Å². The molecule has 0 spiro atoms. The third-order valence-corrected chi connectivity index (χ3v) is 2.99. The first-order valence-corrected chi connectivity index (χ1v) is 6.51. The number of rotatable bonds is 5. The zero-order valence-corrected chi connectivity index (χ0v) is 10.5. The summed E-state index contributed by atoms with van der Waals surface area (Å²) in [6.45, 7) is 5.33. The van der Waals surface area contributed by atoms with Crippen molar-refractivity contribution in [2.45, 2.75) is 26.2 Å². The number of unbranched alkanes of at least 4 members (excludes halogenated alkanes) is 2. The SMILES string of the molecule is CCCCCN1CCN=C1Nc1ccccc1. The molecule has 2 rings (SSSR count). The van der Waals surface area contributed by atoms with Crippen LogP contribution < -0.4 is 5.32 Å². The predicted molar refractivity (Wildman–Crippen MR) is 73.5 cm³/mol. The van der Waals surface area contributed by atoms with Crippen molar-refractivity contribution in [2.24, 2.45) is 4.99 Å². The van der Waals surface area contributed by atoms with Crippen LogP contribution in [0.25, 0.3) is 0 Å². The Balaban J connectivity index is 1.87. The number of guanidine groups is 1. The lowest BCUT2D eigenvalue weighted by Crippen LogP contribution is -2.33. The van der Waals surface area contributed by atoms with Crippen molar-refractivity contribution in [3.8, 4) is 0 Å². The summed E-state index contributed by atoms with van der Waals surface area (Å²) in [5.41, 5.74) is 1.12. The fourth-order valence-corrected chi connectivity index (χ4v) is 2.02. The molecule has 1 heterocycles. The maximum absolute atomic E-state index is 4.52. The standard InChI is InChI=1S/C14H21N3/c1-2-3-7-11-17-12-10-15-14(17)16-13-8-5-4-6-9-13/h4-6,8-9H,2-3,7,10-12H2,1H3,(H,15,16). The highest BCUT2D eigenvalue weighted by atomic mass is 15.3. The molecule has 0 atom stereocenters. The molecule has 92 valence electrons. The Kier molecular flexibility index (Phi) is 4.42. The Morgan fingerprint density at radius 2 is 2.06 bits per heavy atom. The van der Waals surface area contributed by atoms with Crippen LogP contribution in [0.3, 0.4) is 0 Å². The molecule has 3 heteroatoms. The van der Waals surface area contributed by atoms with Gasteiger partial charge in [0.2, 0.25) is 0 Å². The van der Waals surface area contributed by atoms with E-state index >= 15 is 0 Å². The summed E-state index contributed by atoms with van der Waals surface area (Å²) in [5, 5.41) is 3.39. The molecular formula is C14H21N3. The normalized spacial score (nSPS) is 14.9. The van der Waals surface area contributed by atoms with E-state index in [9.17, 15) is 0 Å². The van der Waals surface area contributed by atoms with Crippen LogP contribution in [0, 0.1) is 0 Å². The second-order valence-corrected chi connectivity index (χ2v) is 4.39. The average Bonchev–Trinajstić information content (AvgIpc) is 2.79. The molecule has 1 aromatic rings. The van der Waals surface area contributed by atoms with Gasteiger partial charge in [0.15, 0.2) is 5.96 Å². The van der Waals surface area contributed by atoms with Crippen LogP contribution in [0.2, 0.25) is 0 Å². The number of nitrogens with zero attached hydrogens (tertiary/aromatic N) is 2. The maximum Gasteiger partial charge on any atom is 0.198 e. The van der Waals surface area contributed by atoms with Gasteiger partial charge in [0.05, 0.1) is 6.54 Å². The van der Waals surface area contributed by atoms with Crippen LogP contribution >= 0.6 is 0 Å². The van der Waals surface area contributed by atoms with Gasteiger partial charge < -0.3 is 10.2 Å². The van der Waals surface area contributed by atoms with E-state index in [0.717, 1.165) is 31.3 Å². The Hall–Kier alpha value is -1.51. The summed E-state index contributed by atoms with van der Waals surface area (Å²) in [6.07, 6.45) is 3.83. The minimum absolute atomic E-state index is 0.918. The summed E-state index contributed by atoms with van der Waals surface area (Å²) in [6, 6.07) is 10.3. The van der Waals surface area contributed by atoms with Crippen molar-refractivity contribution in [3.63, 3.8) is 0 Å². The predicted octanol–water partition coefficient (Wildman–Crippen LogP) is 2.96. The first kappa shape index (κ1) is 12.0. The van der Waals surface area contributed by atoms with Crippen molar-refractivity contribution in [3.05, 3.63) is 30.3 Å². The summed E-state index contributed by atoms with van der Waals surface area (Å²) in [7, 11) is 0. The number of aliphatic imine (C=N–C) groups is 1. The van der Waals surface area contributed by atoms with Crippen LogP contribution in [0.15, 0.2) is 35.3 Å². The first-order chi connectivity index (χ1) is 8.40. The molecule has 0 unspecified atom stereocenters. The average molecular weight is 231 g/mol. The summed E-state index contributed by atoms with van der Waals surface area (Å²) in [4.78, 5) is 6.87. The zero-order chi connectivity index (χ0) is 11.9. The molecule has 0 radical (unpaired) electrons. The lowest BCUT2D eigenvalue weighted by atomic mass is 10.2. The number of hydrogen-bond donors (Lipinski definition) is 1. The van der Waals surface area contributed by atoms with E-state index in [4.69, 9.17) is 0 Å². The van der Waals surface area contributed by atoms with Crippen molar-refractivity contribution < 1.29 is 0 Å². The van der Waals surface area contributed by atoms with Gasteiger partial charge in [-0.15, -0.1) is 0 Å². The maximum atomic E-state index is 4.52. The molecule has 0 amide bonds. The lowest BCUT2D eigenvalue weighted by molar-refractivity contribution is 0.436. The fraction of sp³-hybridized carbons (Fsp3) is 0.500. The van der Waals surface area contributed by atoms with Crippen molar-refractivity contribution >= 4 is 11.6 Å². The molecule has 1 aliphatic heterocycles. The summed E-state index contributed by atoms with van der Waals surface area (Å²) < 4.78 is 0. The second kappa shape index (κ2) is 6.28. The van der Waals surface area contributed by atoms with E-state index in [2.05, 4.69) is 34.3 Å². The third-order valence-electron chi connectivity index (χ3n) is 2.99. The van der Waals surface area contributed by atoms with Gasteiger partial charge in [-0.1, -0.05) is 38.0 Å². The van der Waals surface area contributed by atoms with Gasteiger partial charge in [0, 0.05) is 18.8 Å². The van der Waals surface area contributed by atoms with Crippen LogP contribution in [-0.4, -0.2) is 30.5 Å². The molecular weight excluding hydrogens is 210 g/mol. The minimum atomic E-state index is 0.918. The molecule has 0 aromatic heterocycles. The van der Waals surface area contributed by atoms with Gasteiger partial charge in [0.25, 0.3) is 0 Å². The largest absolute Gasteiger partial charge is 0.341 e. The van der Waals surface area contributed by atoms with E-state index in [1.165, 1.54) is 19.3 Å². The quantitative estimate of drug-likeness (QED) is 0.789. The zero-order valence-electron chi connectivity index (χ0n) is 10.5. The number of hydrogen-bond acceptors (Lipinski definition) is 3. The third kappa shape index (κ3) is 3.48. The molecule has 0 saturated heterocycles. The monoisotopic (exact) mass is 231 g/mol. The van der Waals surface area contributed by atoms with Crippen LogP contribution in [0.1, 0.15) is 26.2 Å². The minimum Gasteiger partial charge on any atom is -0.341 e. The highest BCUT2D eigenvalue weighted by molar-refractivity contribution is 5.94. The molecule has 1 aromatic carbocycles. The molecule has 0 fully saturated rings. The molecule has 3 nitrogen and oxygen atoms in total. The Bertz CT molecular complexity index is 359. The van der Waals surface area contributed by atoms with Gasteiger partial charge in [-0.3, -0.25) is 4.99 Å². The van der Waals surface area contributed by atoms with Crippen LogP contribution in [0.5, 0.6) is 0 Å². The molecule has 0 aliphatic carbocycles. The Morgan fingerprint density at radius 1 is 1.24 bits per heavy atom. The highest BCUT2D eigenvalue weighted by Crippen LogP contribution is 2.10. The first-order valence-electron chi connectivity index (χ1n) is 6.51. The number of anilines is 1. The molecule has 17 heavy (non-hydrogen) atoms. The topological polar surface area (TPSA) is 27.6 Å². The van der Waals surface area contributed by atoms with Gasteiger partial charge >= 0.3 is 0 Å². The van der Waals surface area contributed by atoms with Gasteiger partial charge in [0.1, 0.15) is 0 Å². The van der Waals surface area contributed by atoms with Crippen molar-refractivity contribution in [1.29, 1.82) is 0 Å². The van der Waals surface area contributed by atoms with Gasteiger partial charge in [-0.05, 0) is 18.6 Å². The lowest BCUT2D eigenvalue weighted by Gasteiger charge is -2.20. The van der Waals surface area contributed by atoms with Crippen LogP contribution in [0.4, 0.5) is 5.69 Å². The van der Waals surface area contributed by atoms with E-state index in [1.54, 1.807) is 0 Å². The van der Waals surface area contributed by atoms with Crippen molar-refractivity contribution in [2.75, 3.05) is 25.0 Å². The Morgan fingerprint density at radius 3 is 2.82 bits per heavy atom. The summed E-state index contributed by atoms with van der Waals surface area (Å²) >= 11 is 0. The molecule has 0 saturated carbocycles. The van der Waals surface area contributed by atoms with Gasteiger partial charge in [-0.2, -0.15) is 0 Å². The van der Waals surface area contributed by atoms with E-state index in [0.29, 0.717) is 0 Å². The van der Waals surface area contributed by atoms with E-state index in [-0.39, 0.29) is 0 Å². The van der Waals surface area contributed by atoms with Gasteiger partial charge in [-0.25, -0.2) is 0 Å². The number of nitrogens with one attached hydrogen (secondary N) is 1. The smallest absolute Gasteiger partial charge is 0.198 e. The van der Waals surface area contributed by atoms with Crippen molar-refractivity contribution in [1.82, 2.24) is 4.90 Å². The molecule has 1 aliphatic rings. The van der Waals surface area contributed by atoms with E-state index in [1.807, 2.05) is 18.2 Å². The number of para-hydroxylation sites is 1. The van der Waals surface area contributed by atoms with E-state index < -0.39 is 0 Å². The number of benzene rings is 1. The second-order valence-electron chi connectivity index (χ2n) is 4.39. The molecule has 0 bridgehead atoms. The van der Waals surface area contributed by atoms with Crippen LogP contribution in [-0.2, 0) is 0 Å². The summed E-state index contributed by atoms with van der Waals surface area (Å²) in [5.74, 6) is 1.03. The highest BCUT2D eigenvalue weighted by Gasteiger charge is 2.15.